The van der Waals surface area contributed by atoms with E-state index in [9.17, 15) is 8.42 Å². The van der Waals surface area contributed by atoms with Gasteiger partial charge in [0.15, 0.2) is 0 Å². The van der Waals surface area contributed by atoms with Gasteiger partial charge in [-0.3, -0.25) is 0 Å². The molecule has 1 aliphatic carbocycles. The first-order valence-electron chi connectivity index (χ1n) is 5.60. The molecular weight excluding hydrogens is 238 g/mol. The lowest BCUT2D eigenvalue weighted by atomic mass is 9.99. The molecule has 1 aromatic rings. The topological polar surface area (TPSA) is 72.0 Å². The van der Waals surface area contributed by atoms with Crippen LogP contribution >= 0.6 is 0 Å². The fraction of sp³-hybridized carbons (Fsp3) is 0.636. The molecule has 0 radical (unpaired) electrons. The number of hydrogen-bond acceptors (Lipinski definition) is 5. The van der Waals surface area contributed by atoms with Crippen molar-refractivity contribution in [3.63, 3.8) is 0 Å². The molecule has 1 heterocycles. The molecule has 0 bridgehead atoms. The number of anilines is 1. The van der Waals surface area contributed by atoms with Crippen molar-refractivity contribution in [3.8, 4) is 0 Å². The number of nitrogens with zero attached hydrogens (tertiary/aromatic N) is 2. The van der Waals surface area contributed by atoms with Gasteiger partial charge in [-0.2, -0.15) is 0 Å². The van der Waals surface area contributed by atoms with Crippen molar-refractivity contribution in [2.75, 3.05) is 11.6 Å². The predicted molar refractivity (Wildman–Crippen MR) is 65.6 cm³/mol. The van der Waals surface area contributed by atoms with Gasteiger partial charge in [-0.25, -0.2) is 18.4 Å². The van der Waals surface area contributed by atoms with E-state index in [1.54, 1.807) is 6.07 Å². The van der Waals surface area contributed by atoms with Crippen LogP contribution in [-0.4, -0.2) is 30.2 Å². The molecule has 17 heavy (non-hydrogen) atoms. The first kappa shape index (κ1) is 12.3. The first-order valence-corrected chi connectivity index (χ1v) is 7.49. The van der Waals surface area contributed by atoms with Crippen LogP contribution < -0.4 is 5.32 Å². The van der Waals surface area contributed by atoms with E-state index in [1.807, 2.05) is 0 Å². The Balaban J connectivity index is 2.22. The van der Waals surface area contributed by atoms with Crippen LogP contribution in [0.2, 0.25) is 0 Å². The van der Waals surface area contributed by atoms with Gasteiger partial charge in [-0.05, 0) is 38.7 Å². The first-order chi connectivity index (χ1) is 7.79. The molecular formula is C11H17N3O2S. The molecule has 6 heteroatoms. The summed E-state index contributed by atoms with van der Waals surface area (Å²) in [6.45, 7) is 4.21. The van der Waals surface area contributed by atoms with E-state index in [2.05, 4.69) is 29.1 Å². The molecule has 1 saturated carbocycles. The lowest BCUT2D eigenvalue weighted by Gasteiger charge is -2.26. The molecule has 0 saturated heterocycles. The highest BCUT2D eigenvalue weighted by Crippen LogP contribution is 2.40. The van der Waals surface area contributed by atoms with Gasteiger partial charge in [0, 0.05) is 18.0 Å². The van der Waals surface area contributed by atoms with Gasteiger partial charge in [-0.15, -0.1) is 0 Å². The van der Waals surface area contributed by atoms with Crippen molar-refractivity contribution in [1.29, 1.82) is 0 Å². The summed E-state index contributed by atoms with van der Waals surface area (Å²) in [7, 11) is -3.35. The molecule has 2 rings (SSSR count). The van der Waals surface area contributed by atoms with Gasteiger partial charge >= 0.3 is 0 Å². The smallest absolute Gasteiger partial charge is 0.248 e. The van der Waals surface area contributed by atoms with Gasteiger partial charge in [0.2, 0.25) is 15.0 Å². The summed E-state index contributed by atoms with van der Waals surface area (Å²) in [4.78, 5) is 7.79. The van der Waals surface area contributed by atoms with Gasteiger partial charge < -0.3 is 5.32 Å². The summed E-state index contributed by atoms with van der Waals surface area (Å²) in [5.41, 5.74) is -0.0525. The fourth-order valence-electron chi connectivity index (χ4n) is 1.83. The minimum Gasteiger partial charge on any atom is -0.365 e. The Morgan fingerprint density at radius 2 is 2.06 bits per heavy atom. The third-order valence-electron chi connectivity index (χ3n) is 3.01. The van der Waals surface area contributed by atoms with Crippen molar-refractivity contribution in [2.45, 2.75) is 37.4 Å². The average molecular weight is 255 g/mol. The maximum atomic E-state index is 11.3. The lowest BCUT2D eigenvalue weighted by molar-refractivity contribution is 0.491. The minimum atomic E-state index is -3.35. The standard InChI is InChI=1S/C11H17N3O2S/c1-11(2,8-4-5-8)14-9-6-7-12-10(13-9)17(3,15)16/h6-8H,4-5H2,1-3H3,(H,12,13,14). The van der Waals surface area contributed by atoms with Crippen LogP contribution in [0.4, 0.5) is 5.82 Å². The van der Waals surface area contributed by atoms with E-state index >= 15 is 0 Å². The summed E-state index contributed by atoms with van der Waals surface area (Å²) < 4.78 is 22.7. The van der Waals surface area contributed by atoms with Crippen molar-refractivity contribution in [3.05, 3.63) is 12.3 Å². The van der Waals surface area contributed by atoms with E-state index in [4.69, 9.17) is 0 Å². The fourth-order valence-corrected chi connectivity index (χ4v) is 2.34. The second kappa shape index (κ2) is 3.94. The highest BCUT2D eigenvalue weighted by atomic mass is 32.2. The summed E-state index contributed by atoms with van der Waals surface area (Å²) >= 11 is 0. The highest BCUT2D eigenvalue weighted by molar-refractivity contribution is 7.90. The Morgan fingerprint density at radius 1 is 1.41 bits per heavy atom. The number of sulfone groups is 1. The second-order valence-corrected chi connectivity index (χ2v) is 7.03. The molecule has 0 aliphatic heterocycles. The van der Waals surface area contributed by atoms with Gasteiger partial charge in [0.05, 0.1) is 0 Å². The maximum Gasteiger partial charge on any atom is 0.248 e. The van der Waals surface area contributed by atoms with Crippen LogP contribution in [-0.2, 0) is 9.84 Å². The molecule has 94 valence electrons. The van der Waals surface area contributed by atoms with Crippen LogP contribution in [0, 0.1) is 5.92 Å². The van der Waals surface area contributed by atoms with E-state index in [-0.39, 0.29) is 10.7 Å². The van der Waals surface area contributed by atoms with Crippen LogP contribution in [0.25, 0.3) is 0 Å². The molecule has 1 N–H and O–H groups in total. The third-order valence-corrected chi connectivity index (χ3v) is 3.87. The monoisotopic (exact) mass is 255 g/mol. The molecule has 1 aromatic heterocycles. The Kier molecular flexibility index (Phi) is 2.85. The summed E-state index contributed by atoms with van der Waals surface area (Å²) in [5, 5.41) is 3.15. The number of nitrogens with one attached hydrogen (secondary N) is 1. The van der Waals surface area contributed by atoms with Crippen LogP contribution in [0.3, 0.4) is 0 Å². The van der Waals surface area contributed by atoms with Crippen LogP contribution in [0.5, 0.6) is 0 Å². The van der Waals surface area contributed by atoms with E-state index in [0.717, 1.165) is 6.26 Å². The number of aromatic nitrogens is 2. The maximum absolute atomic E-state index is 11.3. The van der Waals surface area contributed by atoms with Gasteiger partial charge in [0.1, 0.15) is 5.82 Å². The molecule has 5 nitrogen and oxygen atoms in total. The molecule has 0 unspecified atom stereocenters. The zero-order valence-corrected chi connectivity index (χ0v) is 11.1. The van der Waals surface area contributed by atoms with Crippen molar-refractivity contribution >= 4 is 15.7 Å². The molecule has 0 atom stereocenters. The summed E-state index contributed by atoms with van der Waals surface area (Å²) in [6, 6.07) is 1.69. The minimum absolute atomic E-state index is 0.0525. The van der Waals surface area contributed by atoms with Crippen molar-refractivity contribution in [1.82, 2.24) is 9.97 Å². The molecule has 1 aliphatic rings. The largest absolute Gasteiger partial charge is 0.365 e. The van der Waals surface area contributed by atoms with E-state index in [1.165, 1.54) is 19.0 Å². The van der Waals surface area contributed by atoms with Crippen LogP contribution in [0.15, 0.2) is 17.4 Å². The van der Waals surface area contributed by atoms with Crippen molar-refractivity contribution in [2.24, 2.45) is 5.92 Å². The van der Waals surface area contributed by atoms with Gasteiger partial charge in [0.25, 0.3) is 0 Å². The Bertz CT molecular complexity index is 521. The third kappa shape index (κ3) is 2.94. The SMILES string of the molecule is CC(C)(Nc1ccnc(S(C)(=O)=O)n1)C1CC1. The Labute approximate surface area is 102 Å². The molecule has 0 spiro atoms. The van der Waals surface area contributed by atoms with Crippen LogP contribution in [0.1, 0.15) is 26.7 Å². The Morgan fingerprint density at radius 3 is 2.59 bits per heavy atom. The molecule has 1 fully saturated rings. The second-order valence-electron chi connectivity index (χ2n) is 5.12. The average Bonchev–Trinajstić information content (AvgIpc) is 2.99. The predicted octanol–water partition coefficient (Wildman–Crippen LogP) is 1.48. The van der Waals surface area contributed by atoms with E-state index < -0.39 is 9.84 Å². The van der Waals surface area contributed by atoms with Crippen molar-refractivity contribution < 1.29 is 8.42 Å². The summed E-state index contributed by atoms with van der Waals surface area (Å²) in [6.07, 6.45) is 5.00. The number of hydrogen-bond donors (Lipinski definition) is 1. The normalized spacial score (nSPS) is 16.9. The quantitative estimate of drug-likeness (QED) is 0.825. The molecule has 0 aromatic carbocycles. The Hall–Kier alpha value is -1.17. The molecule has 0 amide bonds. The lowest BCUT2D eigenvalue weighted by Crippen LogP contribution is -2.33. The van der Waals surface area contributed by atoms with E-state index in [0.29, 0.717) is 11.7 Å². The van der Waals surface area contributed by atoms with Gasteiger partial charge in [-0.1, -0.05) is 0 Å². The zero-order valence-electron chi connectivity index (χ0n) is 10.3. The number of rotatable bonds is 4. The summed E-state index contributed by atoms with van der Waals surface area (Å²) in [5.74, 6) is 1.21. The zero-order chi connectivity index (χ0) is 12.7. The highest BCUT2D eigenvalue weighted by Gasteiger charge is 2.37.